The molecule has 162 valence electrons. The Hall–Kier alpha value is -2.00. The Morgan fingerprint density at radius 1 is 1.20 bits per heavy atom. The van der Waals surface area contributed by atoms with E-state index in [0.717, 1.165) is 9.87 Å². The van der Waals surface area contributed by atoms with Crippen molar-refractivity contribution in [3.63, 3.8) is 0 Å². The first-order chi connectivity index (χ1) is 14.2. The fourth-order valence-corrected chi connectivity index (χ4v) is 4.80. The molecule has 0 aromatic heterocycles. The van der Waals surface area contributed by atoms with E-state index in [-0.39, 0.29) is 23.8 Å². The molecule has 1 aliphatic rings. The molecule has 1 aliphatic heterocycles. The molecule has 1 fully saturated rings. The highest BCUT2D eigenvalue weighted by Gasteiger charge is 2.35. The molecule has 30 heavy (non-hydrogen) atoms. The van der Waals surface area contributed by atoms with Gasteiger partial charge in [0.05, 0.1) is 11.4 Å². The number of hydrogen-bond acceptors (Lipinski definition) is 4. The average molecular weight is 455 g/mol. The number of likely N-dealkylation sites (N-methyl/N-ethyl adjacent to an activating group) is 1. The number of carbonyl (C=O) groups excluding carboxylic acids is 1. The number of nitrogens with zero attached hydrogens (tertiary/aromatic N) is 1. The van der Waals surface area contributed by atoms with Crippen LogP contribution >= 0.6 is 11.6 Å². The molecule has 1 heterocycles. The molecule has 6 nitrogen and oxygen atoms in total. The van der Waals surface area contributed by atoms with Crippen LogP contribution < -0.4 is 5.32 Å². The summed E-state index contributed by atoms with van der Waals surface area (Å²) in [6.07, 6.45) is 1.27. The van der Waals surface area contributed by atoms with Crippen LogP contribution in [-0.4, -0.2) is 52.0 Å². The van der Waals surface area contributed by atoms with E-state index in [1.165, 1.54) is 43.4 Å². The van der Waals surface area contributed by atoms with Crippen molar-refractivity contribution in [2.45, 2.75) is 23.2 Å². The van der Waals surface area contributed by atoms with Crippen LogP contribution in [0.4, 0.5) is 4.39 Å². The molecule has 0 spiro atoms. The molecular weight excluding hydrogens is 431 g/mol. The number of amides is 1. The van der Waals surface area contributed by atoms with E-state index in [1.54, 1.807) is 6.07 Å². The average Bonchev–Trinajstić information content (AvgIpc) is 2.73. The smallest absolute Gasteiger partial charge is 0.243 e. The lowest BCUT2D eigenvalue weighted by Gasteiger charge is -2.38. The molecule has 9 heteroatoms. The second-order valence-corrected chi connectivity index (χ2v) is 9.88. The summed E-state index contributed by atoms with van der Waals surface area (Å²) in [7, 11) is -2.48. The summed E-state index contributed by atoms with van der Waals surface area (Å²) in [5.74, 6) is -0.768. The van der Waals surface area contributed by atoms with Crippen LogP contribution in [0.2, 0.25) is 5.02 Å². The number of ether oxygens (including phenoxy) is 1. The summed E-state index contributed by atoms with van der Waals surface area (Å²) in [6, 6.07) is 12.1. The zero-order valence-corrected chi connectivity index (χ0v) is 18.2. The van der Waals surface area contributed by atoms with Crippen molar-refractivity contribution >= 4 is 27.5 Å². The SMILES string of the molecule is CN(CC(=O)NCC1(c2cccc(F)c2)CCOCC1)S(=O)(=O)c1ccc(Cl)cc1. The van der Waals surface area contributed by atoms with E-state index in [9.17, 15) is 17.6 Å². The molecule has 1 saturated heterocycles. The minimum Gasteiger partial charge on any atom is -0.381 e. The Balaban J connectivity index is 1.68. The summed E-state index contributed by atoms with van der Waals surface area (Å²) in [5, 5.41) is 3.26. The second-order valence-electron chi connectivity index (χ2n) is 7.39. The number of nitrogens with one attached hydrogen (secondary N) is 1. The van der Waals surface area contributed by atoms with Crippen molar-refractivity contribution in [3.05, 3.63) is 64.9 Å². The largest absolute Gasteiger partial charge is 0.381 e. The summed E-state index contributed by atoms with van der Waals surface area (Å²) < 4.78 is 45.5. The molecule has 2 aromatic rings. The van der Waals surface area contributed by atoms with Crippen molar-refractivity contribution in [1.82, 2.24) is 9.62 Å². The minimum atomic E-state index is -3.82. The van der Waals surface area contributed by atoms with Crippen LogP contribution in [0.15, 0.2) is 53.4 Å². The van der Waals surface area contributed by atoms with Gasteiger partial charge in [-0.05, 0) is 54.8 Å². The van der Waals surface area contributed by atoms with Crippen LogP contribution in [0.3, 0.4) is 0 Å². The molecule has 0 aliphatic carbocycles. The fraction of sp³-hybridized carbons (Fsp3) is 0.381. The number of benzene rings is 2. The van der Waals surface area contributed by atoms with Crippen LogP contribution in [-0.2, 0) is 25.0 Å². The maximum Gasteiger partial charge on any atom is 0.243 e. The summed E-state index contributed by atoms with van der Waals surface area (Å²) in [4.78, 5) is 12.6. The predicted octanol–water partition coefficient (Wildman–Crippen LogP) is 2.96. The fourth-order valence-electron chi connectivity index (χ4n) is 3.55. The first kappa shape index (κ1) is 22.7. The molecule has 1 N–H and O–H groups in total. The van der Waals surface area contributed by atoms with Crippen molar-refractivity contribution in [3.8, 4) is 0 Å². The van der Waals surface area contributed by atoms with Crippen LogP contribution in [0.25, 0.3) is 0 Å². The summed E-state index contributed by atoms with van der Waals surface area (Å²) in [6.45, 7) is 0.961. The van der Waals surface area contributed by atoms with E-state index in [1.807, 2.05) is 6.07 Å². The topological polar surface area (TPSA) is 75.7 Å². The van der Waals surface area contributed by atoms with Crippen LogP contribution in [0.1, 0.15) is 18.4 Å². The van der Waals surface area contributed by atoms with Gasteiger partial charge in [0.15, 0.2) is 0 Å². The highest BCUT2D eigenvalue weighted by atomic mass is 35.5. The maximum atomic E-state index is 13.8. The van der Waals surface area contributed by atoms with Gasteiger partial charge in [0.1, 0.15) is 5.82 Å². The Bertz CT molecular complexity index is 992. The van der Waals surface area contributed by atoms with Gasteiger partial charge in [0.2, 0.25) is 15.9 Å². The monoisotopic (exact) mass is 454 g/mol. The molecule has 2 aromatic carbocycles. The lowest BCUT2D eigenvalue weighted by molar-refractivity contribution is -0.121. The van der Waals surface area contributed by atoms with Crippen LogP contribution in [0.5, 0.6) is 0 Å². The lowest BCUT2D eigenvalue weighted by Crippen LogP contribution is -2.47. The number of carbonyl (C=O) groups is 1. The normalized spacial score (nSPS) is 16.4. The Kier molecular flexibility index (Phi) is 7.13. The van der Waals surface area contributed by atoms with E-state index in [2.05, 4.69) is 5.32 Å². The third-order valence-corrected chi connectivity index (χ3v) is 7.47. The number of sulfonamides is 1. The standard InChI is InChI=1S/C21H24ClFN2O4S/c1-25(30(27,28)19-7-5-17(22)6-8-19)14-20(26)24-15-21(9-11-29-12-10-21)16-3-2-4-18(23)13-16/h2-8,13H,9-12,14-15H2,1H3,(H,24,26). The minimum absolute atomic E-state index is 0.0582. The van der Waals surface area contributed by atoms with E-state index in [0.29, 0.717) is 31.1 Å². The Morgan fingerprint density at radius 3 is 2.50 bits per heavy atom. The number of rotatable bonds is 7. The van der Waals surface area contributed by atoms with E-state index >= 15 is 0 Å². The van der Waals surface area contributed by atoms with Crippen LogP contribution in [0, 0.1) is 5.82 Å². The molecular formula is C21H24ClFN2O4S. The van der Waals surface area contributed by atoms with Gasteiger partial charge in [-0.3, -0.25) is 4.79 Å². The lowest BCUT2D eigenvalue weighted by atomic mass is 9.74. The Labute approximate surface area is 181 Å². The van der Waals surface area contributed by atoms with Gasteiger partial charge in [-0.15, -0.1) is 0 Å². The van der Waals surface area contributed by atoms with Gasteiger partial charge in [-0.1, -0.05) is 23.7 Å². The zero-order valence-electron chi connectivity index (χ0n) is 16.6. The summed E-state index contributed by atoms with van der Waals surface area (Å²) in [5.41, 5.74) is 0.345. The predicted molar refractivity (Wildman–Crippen MR) is 112 cm³/mol. The van der Waals surface area contributed by atoms with Gasteiger partial charge in [0.25, 0.3) is 0 Å². The van der Waals surface area contributed by atoms with Gasteiger partial charge in [-0.2, -0.15) is 4.31 Å². The van der Waals surface area contributed by atoms with Gasteiger partial charge < -0.3 is 10.1 Å². The van der Waals surface area contributed by atoms with Gasteiger partial charge in [-0.25, -0.2) is 12.8 Å². The quantitative estimate of drug-likeness (QED) is 0.698. The molecule has 3 rings (SSSR count). The summed E-state index contributed by atoms with van der Waals surface area (Å²) >= 11 is 5.81. The van der Waals surface area contributed by atoms with Crippen molar-refractivity contribution in [1.29, 1.82) is 0 Å². The number of hydrogen-bond donors (Lipinski definition) is 1. The highest BCUT2D eigenvalue weighted by molar-refractivity contribution is 7.89. The van der Waals surface area contributed by atoms with E-state index in [4.69, 9.17) is 16.3 Å². The van der Waals surface area contributed by atoms with Crippen molar-refractivity contribution in [2.75, 3.05) is 33.4 Å². The van der Waals surface area contributed by atoms with Crippen molar-refractivity contribution in [2.24, 2.45) is 0 Å². The molecule has 0 atom stereocenters. The van der Waals surface area contributed by atoms with Crippen molar-refractivity contribution < 1.29 is 22.3 Å². The zero-order chi connectivity index (χ0) is 21.8. The highest BCUT2D eigenvalue weighted by Crippen LogP contribution is 2.34. The van der Waals surface area contributed by atoms with Gasteiger partial charge in [0, 0.05) is 37.2 Å². The second kappa shape index (κ2) is 9.43. The molecule has 0 bridgehead atoms. The third-order valence-electron chi connectivity index (χ3n) is 5.40. The molecule has 0 unspecified atom stereocenters. The molecule has 1 amide bonds. The maximum absolute atomic E-state index is 13.8. The molecule has 0 saturated carbocycles. The first-order valence-corrected chi connectivity index (χ1v) is 11.4. The van der Waals surface area contributed by atoms with Gasteiger partial charge >= 0.3 is 0 Å². The van der Waals surface area contributed by atoms with E-state index < -0.39 is 21.3 Å². The Morgan fingerprint density at radius 2 is 1.87 bits per heavy atom. The molecule has 0 radical (unpaired) electrons. The third kappa shape index (κ3) is 5.18. The number of halogens is 2. The first-order valence-electron chi connectivity index (χ1n) is 9.55.